The standard InChI is InChI=1S/C25H32ClFN5O8P/c1-14(2)38-23(34)15(3)31-41(35,40-16-9-7-6-8-10-16)37-11-17-25(4,12-33)19(27)22(39-17)32-13-28-18-20(32)29-24(26)30-21(18)36-5/h6-10,13-15,17,19,22,33H,11-12H2,1-5H3,(H,31,35)/t15-,17+,19?,22+,25?,41?/m0/s1. The number of benzene rings is 1. The summed E-state index contributed by atoms with van der Waals surface area (Å²) < 4.78 is 59.0. The quantitative estimate of drug-likeness (QED) is 0.173. The van der Waals surface area contributed by atoms with Crippen molar-refractivity contribution in [2.24, 2.45) is 5.41 Å². The van der Waals surface area contributed by atoms with Crippen molar-refractivity contribution in [1.29, 1.82) is 0 Å². The van der Waals surface area contributed by atoms with Gasteiger partial charge in [-0.3, -0.25) is 13.9 Å². The third-order valence-electron chi connectivity index (χ3n) is 6.51. The van der Waals surface area contributed by atoms with Crippen LogP contribution in [0.4, 0.5) is 4.39 Å². The van der Waals surface area contributed by atoms with E-state index in [4.69, 9.17) is 34.9 Å². The van der Waals surface area contributed by atoms with Crippen LogP contribution in [-0.2, 0) is 23.4 Å². The molecule has 13 nitrogen and oxygen atoms in total. The molecule has 1 aliphatic heterocycles. The number of para-hydroxylation sites is 1. The monoisotopic (exact) mass is 615 g/mol. The van der Waals surface area contributed by atoms with Crippen molar-refractivity contribution in [1.82, 2.24) is 24.6 Å². The van der Waals surface area contributed by atoms with Crippen molar-refractivity contribution in [3.05, 3.63) is 41.9 Å². The van der Waals surface area contributed by atoms with Crippen LogP contribution >= 0.6 is 19.3 Å². The summed E-state index contributed by atoms with van der Waals surface area (Å²) in [6, 6.07) is 7.09. The van der Waals surface area contributed by atoms with E-state index in [1.54, 1.807) is 44.2 Å². The van der Waals surface area contributed by atoms with E-state index >= 15 is 4.39 Å². The minimum absolute atomic E-state index is 0.0899. The maximum absolute atomic E-state index is 16.0. The lowest BCUT2D eigenvalue weighted by Crippen LogP contribution is -2.42. The van der Waals surface area contributed by atoms with Gasteiger partial charge in [-0.25, -0.2) is 13.9 Å². The van der Waals surface area contributed by atoms with Gasteiger partial charge in [-0.15, -0.1) is 0 Å². The number of nitrogens with zero attached hydrogens (tertiary/aromatic N) is 4. The van der Waals surface area contributed by atoms with Gasteiger partial charge in [-0.1, -0.05) is 25.1 Å². The van der Waals surface area contributed by atoms with Crippen LogP contribution in [0.15, 0.2) is 36.7 Å². The average Bonchev–Trinajstić information content (AvgIpc) is 3.45. The van der Waals surface area contributed by atoms with E-state index in [0.717, 1.165) is 0 Å². The number of carbonyl (C=O) groups is 1. The van der Waals surface area contributed by atoms with Crippen molar-refractivity contribution < 1.29 is 42.1 Å². The topological polar surface area (TPSA) is 156 Å². The molecule has 16 heteroatoms. The molecule has 224 valence electrons. The molecule has 0 radical (unpaired) electrons. The molecule has 0 saturated carbocycles. The number of carbonyl (C=O) groups excluding carboxylic acids is 1. The molecule has 3 aromatic rings. The maximum atomic E-state index is 16.0. The van der Waals surface area contributed by atoms with Gasteiger partial charge in [0.25, 0.3) is 0 Å². The lowest BCUT2D eigenvalue weighted by Gasteiger charge is -2.30. The van der Waals surface area contributed by atoms with E-state index in [1.807, 2.05) is 0 Å². The molecule has 1 fully saturated rings. The number of methoxy groups -OCH3 is 1. The molecule has 1 saturated heterocycles. The van der Waals surface area contributed by atoms with Crippen LogP contribution in [0.1, 0.15) is 33.9 Å². The molecule has 0 bridgehead atoms. The van der Waals surface area contributed by atoms with Gasteiger partial charge in [-0.05, 0) is 44.5 Å². The zero-order valence-corrected chi connectivity index (χ0v) is 24.7. The van der Waals surface area contributed by atoms with Gasteiger partial charge in [0.1, 0.15) is 11.8 Å². The van der Waals surface area contributed by atoms with Gasteiger partial charge in [0.15, 0.2) is 23.6 Å². The fraction of sp³-hybridized carbons (Fsp3) is 0.520. The molecule has 6 atom stereocenters. The van der Waals surface area contributed by atoms with Crippen LogP contribution in [-0.4, -0.2) is 75.3 Å². The highest BCUT2D eigenvalue weighted by molar-refractivity contribution is 7.52. The number of esters is 1. The minimum Gasteiger partial charge on any atom is -0.479 e. The Balaban J connectivity index is 1.59. The van der Waals surface area contributed by atoms with E-state index < -0.39 is 63.0 Å². The second kappa shape index (κ2) is 12.6. The summed E-state index contributed by atoms with van der Waals surface area (Å²) in [6.07, 6.45) is -3.35. The molecule has 4 rings (SSSR count). The zero-order valence-electron chi connectivity index (χ0n) is 23.1. The summed E-state index contributed by atoms with van der Waals surface area (Å²) in [7, 11) is -2.90. The second-order valence-electron chi connectivity index (χ2n) is 9.94. The first kappa shape index (κ1) is 31.1. The van der Waals surface area contributed by atoms with Crippen molar-refractivity contribution >= 4 is 36.5 Å². The van der Waals surface area contributed by atoms with Crippen LogP contribution < -0.4 is 14.3 Å². The lowest BCUT2D eigenvalue weighted by molar-refractivity contribution is -0.149. The second-order valence-corrected chi connectivity index (χ2v) is 12.0. The van der Waals surface area contributed by atoms with E-state index in [0.29, 0.717) is 0 Å². The minimum atomic E-state index is -4.28. The van der Waals surface area contributed by atoms with E-state index in [2.05, 4.69) is 20.0 Å². The Morgan fingerprint density at radius 3 is 2.63 bits per heavy atom. The Hall–Kier alpha value is -2.87. The van der Waals surface area contributed by atoms with E-state index in [-0.39, 0.29) is 28.1 Å². The predicted octanol–water partition coefficient (Wildman–Crippen LogP) is 3.86. The number of ether oxygens (including phenoxy) is 3. The number of aromatic nitrogens is 4. The number of hydrogen-bond donors (Lipinski definition) is 2. The van der Waals surface area contributed by atoms with Crippen LogP contribution in [0, 0.1) is 5.41 Å². The predicted molar refractivity (Wildman–Crippen MR) is 145 cm³/mol. The highest BCUT2D eigenvalue weighted by Gasteiger charge is 2.56. The third kappa shape index (κ3) is 6.63. The van der Waals surface area contributed by atoms with Gasteiger partial charge in [0.2, 0.25) is 11.2 Å². The number of imidazole rings is 1. The first-order valence-electron chi connectivity index (χ1n) is 12.7. The maximum Gasteiger partial charge on any atom is 0.459 e. The Labute approximate surface area is 240 Å². The number of nitrogens with one attached hydrogen (secondary N) is 1. The van der Waals surface area contributed by atoms with E-state index in [9.17, 15) is 14.5 Å². The van der Waals surface area contributed by atoms with Crippen LogP contribution in [0.25, 0.3) is 11.2 Å². The highest BCUT2D eigenvalue weighted by atomic mass is 35.5. The molecule has 1 aromatic carbocycles. The summed E-state index contributed by atoms with van der Waals surface area (Å²) in [5.74, 6) is -0.390. The van der Waals surface area contributed by atoms with Crippen LogP contribution in [0.2, 0.25) is 5.28 Å². The van der Waals surface area contributed by atoms with Gasteiger partial charge >= 0.3 is 13.7 Å². The SMILES string of the molecule is COc1nc(Cl)nc2c1ncn2[C@@H]1O[C@H](COP(=O)(N[C@@H](C)C(=O)OC(C)C)Oc2ccccc2)C(C)(CO)C1F. The summed E-state index contributed by atoms with van der Waals surface area (Å²) in [4.78, 5) is 24.7. The van der Waals surface area contributed by atoms with Crippen molar-refractivity contribution in [2.75, 3.05) is 20.3 Å². The fourth-order valence-electron chi connectivity index (χ4n) is 4.22. The van der Waals surface area contributed by atoms with Gasteiger partial charge in [0, 0.05) is 0 Å². The molecule has 0 spiro atoms. The first-order chi connectivity index (χ1) is 19.4. The average molecular weight is 616 g/mol. The Kier molecular flexibility index (Phi) is 9.52. The largest absolute Gasteiger partial charge is 0.479 e. The lowest BCUT2D eigenvalue weighted by atomic mass is 9.82. The van der Waals surface area contributed by atoms with Crippen molar-refractivity contribution in [2.45, 2.75) is 58.3 Å². The molecule has 41 heavy (non-hydrogen) atoms. The van der Waals surface area contributed by atoms with E-state index in [1.165, 1.54) is 31.9 Å². The summed E-state index contributed by atoms with van der Waals surface area (Å²) in [5, 5.41) is 12.7. The molecule has 2 N–H and O–H groups in total. The fourth-order valence-corrected chi connectivity index (χ4v) is 5.86. The van der Waals surface area contributed by atoms with Gasteiger partial charge in [0.05, 0.1) is 44.3 Å². The summed E-state index contributed by atoms with van der Waals surface area (Å²) in [5.41, 5.74) is -1.14. The number of fused-ring (bicyclic) bond motifs is 1. The molecule has 1 aliphatic rings. The molecular formula is C25H32ClFN5O8P. The number of rotatable bonds is 12. The van der Waals surface area contributed by atoms with Crippen LogP contribution in [0.5, 0.6) is 11.6 Å². The normalized spacial score (nSPS) is 24.8. The first-order valence-corrected chi connectivity index (χ1v) is 14.6. The Bertz CT molecular complexity index is 1420. The number of hydrogen-bond acceptors (Lipinski definition) is 11. The molecule has 2 aromatic heterocycles. The molecule has 0 amide bonds. The van der Waals surface area contributed by atoms with Gasteiger partial charge < -0.3 is 23.8 Å². The number of halogens is 2. The van der Waals surface area contributed by atoms with Gasteiger partial charge in [-0.2, -0.15) is 15.1 Å². The zero-order chi connectivity index (χ0) is 29.9. The summed E-state index contributed by atoms with van der Waals surface area (Å²) >= 11 is 6.02. The molecule has 3 heterocycles. The number of alkyl halides is 1. The smallest absolute Gasteiger partial charge is 0.459 e. The van der Waals surface area contributed by atoms with Crippen molar-refractivity contribution in [3.63, 3.8) is 0 Å². The number of aliphatic hydroxyl groups is 1. The van der Waals surface area contributed by atoms with Crippen LogP contribution in [0.3, 0.4) is 0 Å². The molecular weight excluding hydrogens is 584 g/mol. The Morgan fingerprint density at radius 2 is 2.00 bits per heavy atom. The molecule has 0 aliphatic carbocycles. The number of aliphatic hydroxyl groups excluding tert-OH is 1. The Morgan fingerprint density at radius 1 is 1.29 bits per heavy atom. The molecule has 3 unspecified atom stereocenters. The van der Waals surface area contributed by atoms with Crippen molar-refractivity contribution in [3.8, 4) is 11.6 Å². The third-order valence-corrected chi connectivity index (χ3v) is 8.32. The highest BCUT2D eigenvalue weighted by Crippen LogP contribution is 2.50. The summed E-state index contributed by atoms with van der Waals surface area (Å²) in [6.45, 7) is 5.14.